The molecule has 1 saturated heterocycles. The van der Waals surface area contributed by atoms with Gasteiger partial charge in [-0.1, -0.05) is 12.1 Å². The minimum Gasteiger partial charge on any atom is -0.478 e. The van der Waals surface area contributed by atoms with E-state index < -0.39 is 5.97 Å². The number of aromatic carboxylic acids is 1. The van der Waals surface area contributed by atoms with Gasteiger partial charge >= 0.3 is 5.97 Å². The Bertz CT molecular complexity index is 790. The van der Waals surface area contributed by atoms with E-state index in [2.05, 4.69) is 4.57 Å². The van der Waals surface area contributed by atoms with E-state index in [1.165, 1.54) is 0 Å². The van der Waals surface area contributed by atoms with Crippen LogP contribution in [0, 0.1) is 0 Å². The van der Waals surface area contributed by atoms with Crippen molar-refractivity contribution in [2.24, 2.45) is 0 Å². The lowest BCUT2D eigenvalue weighted by Crippen LogP contribution is -2.39. The molecule has 1 aromatic heterocycles. The normalized spacial score (nSPS) is 20.5. The summed E-state index contributed by atoms with van der Waals surface area (Å²) in [6, 6.07) is 11.4. The zero-order valence-corrected chi connectivity index (χ0v) is 14.1. The lowest BCUT2D eigenvalue weighted by molar-refractivity contribution is 0.0690. The first-order chi connectivity index (χ1) is 12.1. The number of amides is 1. The Kier molecular flexibility index (Phi) is 4.07. The molecule has 1 unspecified atom stereocenters. The standard InChI is InChI=1S/C20H22N2O3/c23-19(18-4-2-12-22(18)17-9-10-17)21-11-1-3-16(13-21)14-5-7-15(8-6-14)20(24)25/h2,4-8,12,16-17H,1,3,9-11,13H2,(H,24,25). The third kappa shape index (κ3) is 3.18. The third-order valence-electron chi connectivity index (χ3n) is 5.28. The lowest BCUT2D eigenvalue weighted by Gasteiger charge is -2.33. The number of hydrogen-bond acceptors (Lipinski definition) is 2. The van der Waals surface area contributed by atoms with Gasteiger partial charge in [-0.05, 0) is 55.5 Å². The number of carboxylic acid groups (broad SMARTS) is 1. The van der Waals surface area contributed by atoms with Crippen LogP contribution in [-0.2, 0) is 0 Å². The van der Waals surface area contributed by atoms with Crippen LogP contribution in [0.2, 0.25) is 0 Å². The molecular formula is C20H22N2O3. The number of carbonyl (C=O) groups excluding carboxylic acids is 1. The molecule has 2 aliphatic rings. The molecule has 0 spiro atoms. The molecule has 5 nitrogen and oxygen atoms in total. The Morgan fingerprint density at radius 2 is 1.80 bits per heavy atom. The predicted molar refractivity (Wildman–Crippen MR) is 94.0 cm³/mol. The molecule has 2 heterocycles. The molecule has 1 N–H and O–H groups in total. The van der Waals surface area contributed by atoms with Gasteiger partial charge < -0.3 is 14.6 Å². The van der Waals surface area contributed by atoms with Gasteiger partial charge in [-0.2, -0.15) is 0 Å². The van der Waals surface area contributed by atoms with E-state index in [0.717, 1.165) is 43.5 Å². The highest BCUT2D eigenvalue weighted by atomic mass is 16.4. The number of carboxylic acids is 1. The van der Waals surface area contributed by atoms with Crippen molar-refractivity contribution < 1.29 is 14.7 Å². The molecule has 2 fully saturated rings. The number of aromatic nitrogens is 1. The van der Waals surface area contributed by atoms with Crippen LogP contribution in [0.3, 0.4) is 0 Å². The second kappa shape index (κ2) is 6.39. The highest BCUT2D eigenvalue weighted by molar-refractivity contribution is 5.93. The first-order valence-corrected chi connectivity index (χ1v) is 8.93. The lowest BCUT2D eigenvalue weighted by atomic mass is 9.90. The SMILES string of the molecule is O=C(O)c1ccc(C2CCCN(C(=O)c3cccn3C3CC3)C2)cc1. The van der Waals surface area contributed by atoms with E-state index in [1.807, 2.05) is 35.4 Å². The molecule has 0 bridgehead atoms. The minimum atomic E-state index is -0.909. The largest absolute Gasteiger partial charge is 0.478 e. The van der Waals surface area contributed by atoms with Gasteiger partial charge in [-0.25, -0.2) is 4.79 Å². The van der Waals surface area contributed by atoms with Gasteiger partial charge in [0.2, 0.25) is 0 Å². The van der Waals surface area contributed by atoms with Crippen molar-refractivity contribution in [3.8, 4) is 0 Å². The fraction of sp³-hybridized carbons (Fsp3) is 0.400. The number of benzene rings is 1. The van der Waals surface area contributed by atoms with Gasteiger partial charge in [-0.3, -0.25) is 4.79 Å². The number of carbonyl (C=O) groups is 2. The predicted octanol–water partition coefficient (Wildman–Crippen LogP) is 3.54. The Morgan fingerprint density at radius 1 is 1.04 bits per heavy atom. The summed E-state index contributed by atoms with van der Waals surface area (Å²) < 4.78 is 2.12. The van der Waals surface area contributed by atoms with Gasteiger partial charge in [0.25, 0.3) is 5.91 Å². The summed E-state index contributed by atoms with van der Waals surface area (Å²) in [6.45, 7) is 1.49. The first-order valence-electron chi connectivity index (χ1n) is 8.93. The van der Waals surface area contributed by atoms with Crippen LogP contribution >= 0.6 is 0 Å². The number of nitrogens with zero attached hydrogens (tertiary/aromatic N) is 2. The Labute approximate surface area is 146 Å². The van der Waals surface area contributed by atoms with Crippen LogP contribution in [-0.4, -0.2) is 39.5 Å². The summed E-state index contributed by atoms with van der Waals surface area (Å²) in [4.78, 5) is 25.9. The zero-order chi connectivity index (χ0) is 17.4. The second-order valence-corrected chi connectivity index (χ2v) is 7.05. The fourth-order valence-electron chi connectivity index (χ4n) is 3.74. The third-order valence-corrected chi connectivity index (χ3v) is 5.28. The van der Waals surface area contributed by atoms with E-state index in [4.69, 9.17) is 5.11 Å². The number of hydrogen-bond donors (Lipinski definition) is 1. The highest BCUT2D eigenvalue weighted by Crippen LogP contribution is 2.36. The number of piperidine rings is 1. The van der Waals surface area contributed by atoms with Crippen LogP contribution in [0.4, 0.5) is 0 Å². The summed E-state index contributed by atoms with van der Waals surface area (Å²) in [7, 11) is 0. The van der Waals surface area contributed by atoms with Crippen LogP contribution in [0.1, 0.15) is 64.1 Å². The molecule has 5 heteroatoms. The van der Waals surface area contributed by atoms with Crippen molar-refractivity contribution in [1.29, 1.82) is 0 Å². The maximum absolute atomic E-state index is 13.0. The van der Waals surface area contributed by atoms with Crippen LogP contribution in [0.25, 0.3) is 0 Å². The summed E-state index contributed by atoms with van der Waals surface area (Å²) in [6.07, 6.45) is 6.33. The monoisotopic (exact) mass is 338 g/mol. The van der Waals surface area contributed by atoms with Crippen molar-refractivity contribution in [1.82, 2.24) is 9.47 Å². The topological polar surface area (TPSA) is 62.5 Å². The summed E-state index contributed by atoms with van der Waals surface area (Å²) in [5.74, 6) is -0.526. The summed E-state index contributed by atoms with van der Waals surface area (Å²) >= 11 is 0. The van der Waals surface area contributed by atoms with E-state index in [1.54, 1.807) is 12.1 Å². The van der Waals surface area contributed by atoms with Crippen LogP contribution in [0.5, 0.6) is 0 Å². The smallest absolute Gasteiger partial charge is 0.335 e. The van der Waals surface area contributed by atoms with Gasteiger partial charge in [-0.15, -0.1) is 0 Å². The number of likely N-dealkylation sites (tertiary alicyclic amines) is 1. The molecule has 1 atom stereocenters. The second-order valence-electron chi connectivity index (χ2n) is 7.05. The van der Waals surface area contributed by atoms with Crippen LogP contribution < -0.4 is 0 Å². The van der Waals surface area contributed by atoms with Gasteiger partial charge in [0.05, 0.1) is 5.56 Å². The van der Waals surface area contributed by atoms with Crippen molar-refractivity contribution in [3.05, 3.63) is 59.4 Å². The molecule has 4 rings (SSSR count). The summed E-state index contributed by atoms with van der Waals surface area (Å²) in [5, 5.41) is 9.03. The summed E-state index contributed by atoms with van der Waals surface area (Å²) in [5.41, 5.74) is 2.21. The maximum Gasteiger partial charge on any atom is 0.335 e. The Morgan fingerprint density at radius 3 is 2.48 bits per heavy atom. The van der Waals surface area contributed by atoms with E-state index in [-0.39, 0.29) is 11.8 Å². The van der Waals surface area contributed by atoms with Gasteiger partial charge in [0.15, 0.2) is 0 Å². The average molecular weight is 338 g/mol. The molecular weight excluding hydrogens is 316 g/mol. The molecule has 25 heavy (non-hydrogen) atoms. The molecule has 1 amide bonds. The Balaban J connectivity index is 1.49. The van der Waals surface area contributed by atoms with Crippen LogP contribution in [0.15, 0.2) is 42.6 Å². The molecule has 1 saturated carbocycles. The van der Waals surface area contributed by atoms with E-state index in [9.17, 15) is 9.59 Å². The maximum atomic E-state index is 13.0. The first kappa shape index (κ1) is 15.9. The molecule has 1 aromatic carbocycles. The molecule has 1 aliphatic heterocycles. The zero-order valence-electron chi connectivity index (χ0n) is 14.1. The molecule has 0 radical (unpaired) electrons. The van der Waals surface area contributed by atoms with E-state index >= 15 is 0 Å². The van der Waals surface area contributed by atoms with Crippen molar-refractivity contribution >= 4 is 11.9 Å². The molecule has 1 aliphatic carbocycles. The van der Waals surface area contributed by atoms with Crippen molar-refractivity contribution in [2.75, 3.05) is 13.1 Å². The van der Waals surface area contributed by atoms with Gasteiger partial charge in [0, 0.05) is 31.2 Å². The number of rotatable bonds is 4. The molecule has 2 aromatic rings. The molecule has 130 valence electrons. The van der Waals surface area contributed by atoms with Crippen molar-refractivity contribution in [2.45, 2.75) is 37.6 Å². The van der Waals surface area contributed by atoms with E-state index in [0.29, 0.717) is 18.2 Å². The average Bonchev–Trinajstić information content (AvgIpc) is 3.38. The highest BCUT2D eigenvalue weighted by Gasteiger charge is 2.31. The quantitative estimate of drug-likeness (QED) is 0.927. The minimum absolute atomic E-state index is 0.115. The fourth-order valence-corrected chi connectivity index (χ4v) is 3.74. The van der Waals surface area contributed by atoms with Gasteiger partial charge in [0.1, 0.15) is 5.69 Å². The Hall–Kier alpha value is -2.56. The van der Waals surface area contributed by atoms with Crippen molar-refractivity contribution in [3.63, 3.8) is 0 Å².